The van der Waals surface area contributed by atoms with Gasteiger partial charge in [0.05, 0.1) is 0 Å². The van der Waals surface area contributed by atoms with Crippen molar-refractivity contribution in [3.8, 4) is 0 Å². The smallest absolute Gasteiger partial charge is 0.000789 e. The number of nitrogens with one attached hydrogen (secondary N) is 1. The van der Waals surface area contributed by atoms with E-state index in [1.165, 1.54) is 51.4 Å². The first kappa shape index (κ1) is 15.6. The number of benzene rings is 1. The van der Waals surface area contributed by atoms with E-state index in [0.29, 0.717) is 5.41 Å². The van der Waals surface area contributed by atoms with E-state index in [0.717, 1.165) is 6.54 Å². The number of hydrogen-bond donors (Lipinski definition) is 1. The van der Waals surface area contributed by atoms with E-state index in [2.05, 4.69) is 44.4 Å². The van der Waals surface area contributed by atoms with Crippen LogP contribution in [-0.2, 0) is 19.3 Å². The van der Waals surface area contributed by atoms with E-state index in [1.54, 1.807) is 16.7 Å². The molecule has 0 bridgehead atoms. The summed E-state index contributed by atoms with van der Waals surface area (Å²) in [6, 6.07) is 7.27. The average Bonchev–Trinajstić information content (AvgIpc) is 2.92. The molecule has 1 N–H and O–H groups in total. The van der Waals surface area contributed by atoms with Crippen LogP contribution in [0.3, 0.4) is 0 Å². The maximum absolute atomic E-state index is 3.44. The van der Waals surface area contributed by atoms with Crippen LogP contribution in [0.1, 0.15) is 62.6 Å². The van der Waals surface area contributed by atoms with Crippen LogP contribution in [0, 0.1) is 5.41 Å². The Morgan fingerprint density at radius 3 is 2.65 bits per heavy atom. The number of aryl methyl sites for hydroxylation is 2. The average molecular weight is 273 g/mol. The van der Waals surface area contributed by atoms with Crippen molar-refractivity contribution in [3.63, 3.8) is 0 Å². The monoisotopic (exact) mass is 273 g/mol. The Bertz CT molecular complexity index is 424. The third kappa shape index (κ3) is 3.63. The van der Waals surface area contributed by atoms with Crippen LogP contribution in [0.25, 0.3) is 0 Å². The zero-order chi connectivity index (χ0) is 14.4. The summed E-state index contributed by atoms with van der Waals surface area (Å²) in [6.07, 6.45) is 10.4. The first-order chi connectivity index (χ1) is 9.73. The molecule has 0 fully saturated rings. The summed E-state index contributed by atoms with van der Waals surface area (Å²) in [5.41, 5.74) is 5.21. The molecule has 0 spiro atoms. The molecule has 0 aromatic heterocycles. The van der Waals surface area contributed by atoms with Gasteiger partial charge in [0.1, 0.15) is 0 Å². The molecule has 1 aromatic rings. The first-order valence-corrected chi connectivity index (χ1v) is 8.48. The van der Waals surface area contributed by atoms with E-state index >= 15 is 0 Å². The molecule has 1 atom stereocenters. The van der Waals surface area contributed by atoms with E-state index < -0.39 is 0 Å². The molecule has 1 nitrogen and oxygen atoms in total. The molecule has 0 saturated carbocycles. The fraction of sp³-hybridized carbons (Fsp3) is 0.684. The van der Waals surface area contributed by atoms with Gasteiger partial charge in [0, 0.05) is 6.54 Å². The van der Waals surface area contributed by atoms with E-state index in [-0.39, 0.29) is 0 Å². The van der Waals surface area contributed by atoms with E-state index in [9.17, 15) is 0 Å². The maximum Gasteiger partial charge on any atom is 0.000789 e. The lowest BCUT2D eigenvalue weighted by Gasteiger charge is -2.33. The van der Waals surface area contributed by atoms with Crippen molar-refractivity contribution in [2.75, 3.05) is 13.6 Å². The molecule has 0 aliphatic heterocycles. The summed E-state index contributed by atoms with van der Waals surface area (Å²) in [5.74, 6) is 0. The molecule has 1 aliphatic rings. The number of rotatable bonds is 8. The van der Waals surface area contributed by atoms with Gasteiger partial charge in [0.2, 0.25) is 0 Å². The fourth-order valence-corrected chi connectivity index (χ4v) is 3.76. The second-order valence-electron chi connectivity index (χ2n) is 6.62. The molecule has 2 rings (SSSR count). The topological polar surface area (TPSA) is 12.0 Å². The van der Waals surface area contributed by atoms with E-state index in [4.69, 9.17) is 0 Å². The molecule has 0 radical (unpaired) electrons. The van der Waals surface area contributed by atoms with Crippen molar-refractivity contribution in [2.24, 2.45) is 5.41 Å². The van der Waals surface area contributed by atoms with Gasteiger partial charge in [-0.1, -0.05) is 44.9 Å². The Kier molecular flexibility index (Phi) is 5.65. The fourth-order valence-electron chi connectivity index (χ4n) is 3.76. The number of hydrogen-bond acceptors (Lipinski definition) is 1. The minimum atomic E-state index is 0.442. The van der Waals surface area contributed by atoms with Gasteiger partial charge in [-0.05, 0) is 67.7 Å². The Morgan fingerprint density at radius 2 is 1.95 bits per heavy atom. The Labute approximate surface area is 125 Å². The predicted molar refractivity (Wildman–Crippen MR) is 88.3 cm³/mol. The van der Waals surface area contributed by atoms with Crippen LogP contribution in [0.2, 0.25) is 0 Å². The van der Waals surface area contributed by atoms with Gasteiger partial charge in [-0.15, -0.1) is 0 Å². The molecule has 1 aromatic carbocycles. The number of fused-ring (bicyclic) bond motifs is 1. The summed E-state index contributed by atoms with van der Waals surface area (Å²) in [6.45, 7) is 5.80. The van der Waals surface area contributed by atoms with Crippen LogP contribution in [0.15, 0.2) is 18.2 Å². The molecule has 1 aliphatic carbocycles. The molecular weight excluding hydrogens is 242 g/mol. The summed E-state index contributed by atoms with van der Waals surface area (Å²) in [7, 11) is 2.10. The highest BCUT2D eigenvalue weighted by Crippen LogP contribution is 2.34. The predicted octanol–water partition coefficient (Wildman–Crippen LogP) is 4.52. The van der Waals surface area contributed by atoms with Gasteiger partial charge in [-0.3, -0.25) is 0 Å². The summed E-state index contributed by atoms with van der Waals surface area (Å²) in [5, 5.41) is 3.44. The standard InChI is InChI=1S/C19H31N/c1-4-6-12-19(5-2,15-20-3)14-16-10-11-17-8-7-9-18(17)13-16/h10-11,13,20H,4-9,12,14-15H2,1-3H3. The zero-order valence-corrected chi connectivity index (χ0v) is 13.6. The quantitative estimate of drug-likeness (QED) is 0.734. The molecule has 112 valence electrons. The summed E-state index contributed by atoms with van der Waals surface area (Å²) < 4.78 is 0. The molecule has 20 heavy (non-hydrogen) atoms. The van der Waals surface area contributed by atoms with Crippen LogP contribution < -0.4 is 5.32 Å². The van der Waals surface area contributed by atoms with Gasteiger partial charge in [0.25, 0.3) is 0 Å². The van der Waals surface area contributed by atoms with Crippen molar-refractivity contribution >= 4 is 0 Å². The molecule has 0 heterocycles. The molecular formula is C19H31N. The first-order valence-electron chi connectivity index (χ1n) is 8.48. The van der Waals surface area contributed by atoms with Crippen LogP contribution in [0.4, 0.5) is 0 Å². The van der Waals surface area contributed by atoms with Gasteiger partial charge in [-0.2, -0.15) is 0 Å². The largest absolute Gasteiger partial charge is 0.319 e. The maximum atomic E-state index is 3.44. The van der Waals surface area contributed by atoms with Gasteiger partial charge in [0.15, 0.2) is 0 Å². The van der Waals surface area contributed by atoms with Crippen LogP contribution in [0.5, 0.6) is 0 Å². The van der Waals surface area contributed by atoms with E-state index in [1.807, 2.05) is 0 Å². The normalized spacial score (nSPS) is 16.9. The van der Waals surface area contributed by atoms with Crippen molar-refractivity contribution < 1.29 is 0 Å². The lowest BCUT2D eigenvalue weighted by molar-refractivity contribution is 0.235. The highest BCUT2D eigenvalue weighted by Gasteiger charge is 2.27. The van der Waals surface area contributed by atoms with Crippen molar-refractivity contribution in [1.29, 1.82) is 0 Å². The van der Waals surface area contributed by atoms with Crippen molar-refractivity contribution in [1.82, 2.24) is 5.32 Å². The Balaban J connectivity index is 2.13. The minimum absolute atomic E-state index is 0.442. The summed E-state index contributed by atoms with van der Waals surface area (Å²) >= 11 is 0. The highest BCUT2D eigenvalue weighted by atomic mass is 14.8. The van der Waals surface area contributed by atoms with Crippen LogP contribution in [-0.4, -0.2) is 13.6 Å². The van der Waals surface area contributed by atoms with Gasteiger partial charge < -0.3 is 5.32 Å². The second-order valence-corrected chi connectivity index (χ2v) is 6.62. The van der Waals surface area contributed by atoms with Crippen LogP contribution >= 0.6 is 0 Å². The zero-order valence-electron chi connectivity index (χ0n) is 13.6. The molecule has 0 amide bonds. The third-order valence-corrected chi connectivity index (χ3v) is 5.10. The lowest BCUT2D eigenvalue weighted by atomic mass is 9.75. The second kappa shape index (κ2) is 7.26. The van der Waals surface area contributed by atoms with Gasteiger partial charge in [-0.25, -0.2) is 0 Å². The Morgan fingerprint density at radius 1 is 1.15 bits per heavy atom. The minimum Gasteiger partial charge on any atom is -0.319 e. The lowest BCUT2D eigenvalue weighted by Crippen LogP contribution is -2.34. The summed E-state index contributed by atoms with van der Waals surface area (Å²) in [4.78, 5) is 0. The highest BCUT2D eigenvalue weighted by molar-refractivity contribution is 5.35. The SMILES string of the molecule is CCCCC(CC)(CNC)Cc1ccc2c(c1)CCC2. The van der Waals surface area contributed by atoms with Crippen molar-refractivity contribution in [2.45, 2.75) is 65.2 Å². The third-order valence-electron chi connectivity index (χ3n) is 5.10. The Hall–Kier alpha value is -0.820. The molecule has 1 heteroatoms. The van der Waals surface area contributed by atoms with Gasteiger partial charge >= 0.3 is 0 Å². The van der Waals surface area contributed by atoms with Crippen molar-refractivity contribution in [3.05, 3.63) is 34.9 Å². The molecule has 1 unspecified atom stereocenters. The molecule has 0 saturated heterocycles. The number of unbranched alkanes of at least 4 members (excludes halogenated alkanes) is 1.